The molecule has 0 spiro atoms. The highest BCUT2D eigenvalue weighted by Gasteiger charge is 2.16. The number of hydrogen-bond acceptors (Lipinski definition) is 1. The molecule has 0 amide bonds. The molecule has 16 heavy (non-hydrogen) atoms. The number of rotatable bonds is 3. The van der Waals surface area contributed by atoms with E-state index in [0.717, 1.165) is 12.8 Å². The summed E-state index contributed by atoms with van der Waals surface area (Å²) in [6.45, 7) is 0.428. The standard InChI is InChI=1S/C13H16F2O/c14-11-7-4-8-12(15)13(11)16-9-10-5-2-1-3-6-10/h4,7-8,10H,1-3,5-6,9H2. The summed E-state index contributed by atoms with van der Waals surface area (Å²) in [4.78, 5) is 0. The summed E-state index contributed by atoms with van der Waals surface area (Å²) in [5.41, 5.74) is 0. The van der Waals surface area contributed by atoms with Gasteiger partial charge in [-0.05, 0) is 30.9 Å². The minimum Gasteiger partial charge on any atom is -0.487 e. The third-order valence-electron chi connectivity index (χ3n) is 3.11. The molecule has 0 radical (unpaired) electrons. The first kappa shape index (κ1) is 11.4. The van der Waals surface area contributed by atoms with E-state index >= 15 is 0 Å². The van der Waals surface area contributed by atoms with Gasteiger partial charge in [0.05, 0.1) is 6.61 Å². The van der Waals surface area contributed by atoms with Crippen molar-refractivity contribution in [2.45, 2.75) is 32.1 Å². The van der Waals surface area contributed by atoms with Gasteiger partial charge in [0, 0.05) is 0 Å². The predicted molar refractivity (Wildman–Crippen MR) is 58.4 cm³/mol. The van der Waals surface area contributed by atoms with Crippen molar-refractivity contribution >= 4 is 0 Å². The van der Waals surface area contributed by atoms with Crippen LogP contribution >= 0.6 is 0 Å². The van der Waals surface area contributed by atoms with Crippen molar-refractivity contribution in [2.75, 3.05) is 6.61 Å². The molecule has 0 unspecified atom stereocenters. The van der Waals surface area contributed by atoms with Crippen LogP contribution < -0.4 is 4.74 Å². The van der Waals surface area contributed by atoms with Crippen LogP contribution in [-0.4, -0.2) is 6.61 Å². The average molecular weight is 226 g/mol. The summed E-state index contributed by atoms with van der Waals surface area (Å²) in [6.07, 6.45) is 5.89. The van der Waals surface area contributed by atoms with Crippen LogP contribution in [0.2, 0.25) is 0 Å². The van der Waals surface area contributed by atoms with E-state index in [0.29, 0.717) is 12.5 Å². The number of benzene rings is 1. The molecule has 1 aliphatic carbocycles. The van der Waals surface area contributed by atoms with Gasteiger partial charge in [0.2, 0.25) is 0 Å². The highest BCUT2D eigenvalue weighted by molar-refractivity contribution is 5.25. The van der Waals surface area contributed by atoms with Gasteiger partial charge in [-0.3, -0.25) is 0 Å². The Balaban J connectivity index is 1.93. The Hall–Kier alpha value is -1.12. The van der Waals surface area contributed by atoms with Crippen molar-refractivity contribution in [2.24, 2.45) is 5.92 Å². The molecule has 0 atom stereocenters. The van der Waals surface area contributed by atoms with E-state index in [1.807, 2.05) is 0 Å². The normalized spacial score (nSPS) is 17.4. The first-order chi connectivity index (χ1) is 7.77. The van der Waals surface area contributed by atoms with E-state index in [-0.39, 0.29) is 5.75 Å². The third-order valence-corrected chi connectivity index (χ3v) is 3.11. The molecule has 0 bridgehead atoms. The molecule has 1 aromatic rings. The fraction of sp³-hybridized carbons (Fsp3) is 0.538. The van der Waals surface area contributed by atoms with Crippen LogP contribution in [0, 0.1) is 17.6 Å². The number of ether oxygens (including phenoxy) is 1. The van der Waals surface area contributed by atoms with Gasteiger partial charge in [0.15, 0.2) is 17.4 Å². The predicted octanol–water partition coefficient (Wildman–Crippen LogP) is 3.92. The van der Waals surface area contributed by atoms with Crippen molar-refractivity contribution in [1.29, 1.82) is 0 Å². The van der Waals surface area contributed by atoms with Crippen molar-refractivity contribution in [3.63, 3.8) is 0 Å². The molecular formula is C13H16F2O. The molecule has 1 fully saturated rings. The zero-order valence-electron chi connectivity index (χ0n) is 9.22. The molecule has 1 aromatic carbocycles. The van der Waals surface area contributed by atoms with Crippen LogP contribution in [0.5, 0.6) is 5.75 Å². The Kier molecular flexibility index (Phi) is 3.75. The number of hydrogen-bond donors (Lipinski definition) is 0. The van der Waals surface area contributed by atoms with Crippen molar-refractivity contribution in [3.05, 3.63) is 29.8 Å². The van der Waals surface area contributed by atoms with E-state index in [9.17, 15) is 8.78 Å². The molecule has 0 N–H and O–H groups in total. The van der Waals surface area contributed by atoms with Crippen LogP contribution in [0.4, 0.5) is 8.78 Å². The lowest BCUT2D eigenvalue weighted by Crippen LogP contribution is -2.16. The van der Waals surface area contributed by atoms with Gasteiger partial charge >= 0.3 is 0 Å². The van der Waals surface area contributed by atoms with Crippen LogP contribution in [-0.2, 0) is 0 Å². The Morgan fingerprint density at radius 1 is 1.06 bits per heavy atom. The first-order valence-electron chi connectivity index (χ1n) is 5.84. The second-order valence-electron chi connectivity index (χ2n) is 4.37. The van der Waals surface area contributed by atoms with Gasteiger partial charge < -0.3 is 4.74 Å². The van der Waals surface area contributed by atoms with Gasteiger partial charge in [-0.2, -0.15) is 0 Å². The van der Waals surface area contributed by atoms with E-state index < -0.39 is 11.6 Å². The summed E-state index contributed by atoms with van der Waals surface area (Å²) in [5.74, 6) is -1.01. The van der Waals surface area contributed by atoms with Crippen LogP contribution in [0.15, 0.2) is 18.2 Å². The summed E-state index contributed by atoms with van der Waals surface area (Å²) in [6, 6.07) is 3.79. The Morgan fingerprint density at radius 2 is 1.69 bits per heavy atom. The summed E-state index contributed by atoms with van der Waals surface area (Å²) in [7, 11) is 0. The molecule has 3 heteroatoms. The second kappa shape index (κ2) is 5.28. The molecule has 0 saturated heterocycles. The Morgan fingerprint density at radius 3 is 2.31 bits per heavy atom. The summed E-state index contributed by atoms with van der Waals surface area (Å²) < 4.78 is 31.7. The number of para-hydroxylation sites is 1. The molecule has 0 heterocycles. The SMILES string of the molecule is Fc1cccc(F)c1OCC1CCCCC1. The monoisotopic (exact) mass is 226 g/mol. The van der Waals surface area contributed by atoms with Gasteiger partial charge in [0.25, 0.3) is 0 Å². The van der Waals surface area contributed by atoms with Gasteiger partial charge in [-0.15, -0.1) is 0 Å². The van der Waals surface area contributed by atoms with Crippen LogP contribution in [0.25, 0.3) is 0 Å². The third kappa shape index (κ3) is 2.71. The van der Waals surface area contributed by atoms with Crippen molar-refractivity contribution < 1.29 is 13.5 Å². The lowest BCUT2D eigenvalue weighted by molar-refractivity contribution is 0.195. The molecule has 1 nitrogen and oxygen atoms in total. The highest BCUT2D eigenvalue weighted by atomic mass is 19.1. The Bertz CT molecular complexity index is 326. The van der Waals surface area contributed by atoms with E-state index in [4.69, 9.17) is 4.74 Å². The Labute approximate surface area is 94.4 Å². The average Bonchev–Trinajstić information content (AvgIpc) is 2.30. The largest absolute Gasteiger partial charge is 0.487 e. The van der Waals surface area contributed by atoms with Gasteiger partial charge in [0.1, 0.15) is 0 Å². The maximum absolute atomic E-state index is 13.2. The maximum atomic E-state index is 13.2. The fourth-order valence-corrected chi connectivity index (χ4v) is 2.18. The molecule has 1 saturated carbocycles. The quantitative estimate of drug-likeness (QED) is 0.759. The van der Waals surface area contributed by atoms with Gasteiger partial charge in [-0.1, -0.05) is 25.3 Å². The first-order valence-corrected chi connectivity index (χ1v) is 5.84. The molecule has 0 aromatic heterocycles. The topological polar surface area (TPSA) is 9.23 Å². The van der Waals surface area contributed by atoms with Gasteiger partial charge in [-0.25, -0.2) is 8.78 Å². The molecule has 0 aliphatic heterocycles. The fourth-order valence-electron chi connectivity index (χ4n) is 2.18. The molecule has 2 rings (SSSR count). The number of halogens is 2. The van der Waals surface area contributed by atoms with Crippen LogP contribution in [0.3, 0.4) is 0 Å². The zero-order chi connectivity index (χ0) is 11.4. The van der Waals surface area contributed by atoms with Crippen molar-refractivity contribution in [3.8, 4) is 5.75 Å². The zero-order valence-corrected chi connectivity index (χ0v) is 9.22. The van der Waals surface area contributed by atoms with Crippen molar-refractivity contribution in [1.82, 2.24) is 0 Å². The lowest BCUT2D eigenvalue weighted by atomic mass is 9.90. The van der Waals surface area contributed by atoms with E-state index in [1.165, 1.54) is 37.5 Å². The van der Waals surface area contributed by atoms with E-state index in [2.05, 4.69) is 0 Å². The van der Waals surface area contributed by atoms with E-state index in [1.54, 1.807) is 0 Å². The maximum Gasteiger partial charge on any atom is 0.190 e. The summed E-state index contributed by atoms with van der Waals surface area (Å²) >= 11 is 0. The molecular weight excluding hydrogens is 210 g/mol. The lowest BCUT2D eigenvalue weighted by Gasteiger charge is -2.21. The second-order valence-corrected chi connectivity index (χ2v) is 4.37. The minimum absolute atomic E-state index is 0.229. The smallest absolute Gasteiger partial charge is 0.190 e. The molecule has 88 valence electrons. The minimum atomic E-state index is -0.615. The molecule has 1 aliphatic rings. The van der Waals surface area contributed by atoms with Crippen LogP contribution in [0.1, 0.15) is 32.1 Å². The highest BCUT2D eigenvalue weighted by Crippen LogP contribution is 2.26. The summed E-state index contributed by atoms with van der Waals surface area (Å²) in [5, 5.41) is 0.